The predicted octanol–water partition coefficient (Wildman–Crippen LogP) is 3.51. The molecule has 2 rings (SSSR count). The number of aliphatic hydroxyl groups is 1. The smallest absolute Gasteiger partial charge is 0.137 e. The fraction of sp³-hybridized carbons (Fsp3) is 0.600. The van der Waals surface area contributed by atoms with Crippen molar-refractivity contribution in [2.75, 3.05) is 7.11 Å². The van der Waals surface area contributed by atoms with Gasteiger partial charge in [0, 0.05) is 6.42 Å². The second kappa shape index (κ2) is 4.37. The molecular weight excluding hydrogens is 264 g/mol. The number of benzene rings is 1. The van der Waals surface area contributed by atoms with Gasteiger partial charge >= 0.3 is 0 Å². The van der Waals surface area contributed by atoms with Crippen LogP contribution in [0.25, 0.3) is 0 Å². The Morgan fingerprint density at radius 2 is 1.89 bits per heavy atom. The molecule has 0 aliphatic carbocycles. The van der Waals surface area contributed by atoms with Crippen molar-refractivity contribution in [1.82, 2.24) is 0 Å². The van der Waals surface area contributed by atoms with Crippen molar-refractivity contribution in [3.05, 3.63) is 28.8 Å². The van der Waals surface area contributed by atoms with Gasteiger partial charge in [0.2, 0.25) is 0 Å². The molecule has 0 radical (unpaired) electrons. The Kier molecular flexibility index (Phi) is 3.37. The van der Waals surface area contributed by atoms with Crippen LogP contribution in [0.2, 0.25) is 5.02 Å². The average Bonchev–Trinajstić information content (AvgIpc) is 2.43. The third-order valence-electron chi connectivity index (χ3n) is 3.84. The Balaban J connectivity index is 2.51. The third-order valence-corrected chi connectivity index (χ3v) is 4.15. The van der Waals surface area contributed by atoms with E-state index in [1.807, 2.05) is 33.8 Å². The normalized spacial score (nSPS) is 28.4. The summed E-state index contributed by atoms with van der Waals surface area (Å²) in [5.74, 6) is 0.563. The molecule has 1 aromatic rings. The molecule has 106 valence electrons. The van der Waals surface area contributed by atoms with E-state index in [-0.39, 0.29) is 5.60 Å². The monoisotopic (exact) mass is 284 g/mol. The van der Waals surface area contributed by atoms with E-state index in [4.69, 9.17) is 21.1 Å². The Bertz CT molecular complexity index is 496. The Morgan fingerprint density at radius 1 is 1.26 bits per heavy atom. The maximum Gasteiger partial charge on any atom is 0.137 e. The lowest BCUT2D eigenvalue weighted by molar-refractivity contribution is -0.129. The Morgan fingerprint density at radius 3 is 2.37 bits per heavy atom. The first-order valence-corrected chi connectivity index (χ1v) is 6.76. The summed E-state index contributed by atoms with van der Waals surface area (Å²) < 4.78 is 11.2. The lowest BCUT2D eigenvalue weighted by Gasteiger charge is -2.35. The zero-order valence-corrected chi connectivity index (χ0v) is 12.8. The summed E-state index contributed by atoms with van der Waals surface area (Å²) in [6.07, 6.45) is 0.526. The van der Waals surface area contributed by atoms with E-state index in [0.29, 0.717) is 17.2 Å². The number of rotatable bonds is 2. The van der Waals surface area contributed by atoms with E-state index < -0.39 is 11.2 Å². The van der Waals surface area contributed by atoms with Crippen LogP contribution in [-0.4, -0.2) is 23.4 Å². The van der Waals surface area contributed by atoms with Crippen LogP contribution in [0, 0.1) is 0 Å². The van der Waals surface area contributed by atoms with Gasteiger partial charge in [-0.3, -0.25) is 0 Å². The molecule has 1 fully saturated rings. The van der Waals surface area contributed by atoms with Gasteiger partial charge in [0.15, 0.2) is 0 Å². The van der Waals surface area contributed by atoms with Gasteiger partial charge in [0.05, 0.1) is 23.3 Å². The van der Waals surface area contributed by atoms with E-state index in [1.54, 1.807) is 19.2 Å². The second-order valence-electron chi connectivity index (χ2n) is 6.26. The molecule has 1 unspecified atom stereocenters. The van der Waals surface area contributed by atoms with Gasteiger partial charge in [0.25, 0.3) is 0 Å². The summed E-state index contributed by atoms with van der Waals surface area (Å²) in [4.78, 5) is 0. The standard InChI is InChI=1S/C15H21ClO3/c1-13(2)9-15(17,14(3,4)19-13)10-6-7-11(16)12(8-10)18-5/h6-8,17H,9H2,1-5H3. The van der Waals surface area contributed by atoms with Crippen LogP contribution in [-0.2, 0) is 10.3 Å². The van der Waals surface area contributed by atoms with E-state index in [0.717, 1.165) is 5.56 Å². The second-order valence-corrected chi connectivity index (χ2v) is 6.67. The summed E-state index contributed by atoms with van der Waals surface area (Å²) in [6.45, 7) is 7.78. The molecule has 1 saturated heterocycles. The van der Waals surface area contributed by atoms with Crippen LogP contribution < -0.4 is 4.74 Å². The molecule has 1 aromatic carbocycles. The van der Waals surface area contributed by atoms with Gasteiger partial charge < -0.3 is 14.6 Å². The highest BCUT2D eigenvalue weighted by atomic mass is 35.5. The lowest BCUT2D eigenvalue weighted by Crippen LogP contribution is -2.43. The number of hydrogen-bond acceptors (Lipinski definition) is 3. The van der Waals surface area contributed by atoms with E-state index >= 15 is 0 Å². The van der Waals surface area contributed by atoms with Crippen LogP contribution in [0.4, 0.5) is 0 Å². The number of methoxy groups -OCH3 is 1. The number of ether oxygens (including phenoxy) is 2. The lowest BCUT2D eigenvalue weighted by atomic mass is 9.77. The molecule has 1 N–H and O–H groups in total. The molecule has 0 aromatic heterocycles. The zero-order chi connectivity index (χ0) is 14.5. The van der Waals surface area contributed by atoms with Gasteiger partial charge in [-0.2, -0.15) is 0 Å². The Labute approximate surface area is 119 Å². The maximum absolute atomic E-state index is 11.1. The molecule has 3 nitrogen and oxygen atoms in total. The summed E-state index contributed by atoms with van der Waals surface area (Å²) >= 11 is 6.04. The molecule has 0 bridgehead atoms. The van der Waals surface area contributed by atoms with E-state index in [1.165, 1.54) is 0 Å². The SMILES string of the molecule is COc1cc(C2(O)CC(C)(C)OC2(C)C)ccc1Cl. The first kappa shape index (κ1) is 14.6. The van der Waals surface area contributed by atoms with Crippen molar-refractivity contribution >= 4 is 11.6 Å². The van der Waals surface area contributed by atoms with E-state index in [2.05, 4.69) is 0 Å². The first-order chi connectivity index (χ1) is 8.61. The number of hydrogen-bond donors (Lipinski definition) is 1. The molecule has 1 aliphatic rings. The highest BCUT2D eigenvalue weighted by Crippen LogP contribution is 2.51. The summed E-state index contributed by atoms with van der Waals surface area (Å²) in [5, 5.41) is 11.6. The van der Waals surface area contributed by atoms with Gasteiger partial charge in [-0.15, -0.1) is 0 Å². The minimum atomic E-state index is -1.06. The maximum atomic E-state index is 11.1. The van der Waals surface area contributed by atoms with Crippen LogP contribution in [0.3, 0.4) is 0 Å². The molecule has 1 atom stereocenters. The highest BCUT2D eigenvalue weighted by Gasteiger charge is 2.57. The molecular formula is C15H21ClO3. The van der Waals surface area contributed by atoms with E-state index in [9.17, 15) is 5.11 Å². The minimum Gasteiger partial charge on any atom is -0.495 e. The van der Waals surface area contributed by atoms with Crippen molar-refractivity contribution in [1.29, 1.82) is 0 Å². The van der Waals surface area contributed by atoms with Crippen LogP contribution >= 0.6 is 11.6 Å². The van der Waals surface area contributed by atoms with Gasteiger partial charge in [-0.25, -0.2) is 0 Å². The molecule has 0 saturated carbocycles. The topological polar surface area (TPSA) is 38.7 Å². The quantitative estimate of drug-likeness (QED) is 0.903. The van der Waals surface area contributed by atoms with Gasteiger partial charge in [0.1, 0.15) is 11.4 Å². The van der Waals surface area contributed by atoms with Crippen molar-refractivity contribution in [3.8, 4) is 5.75 Å². The molecule has 4 heteroatoms. The fourth-order valence-electron chi connectivity index (χ4n) is 3.01. The summed E-state index contributed by atoms with van der Waals surface area (Å²) in [6, 6.07) is 5.36. The molecule has 19 heavy (non-hydrogen) atoms. The summed E-state index contributed by atoms with van der Waals surface area (Å²) in [7, 11) is 1.56. The highest BCUT2D eigenvalue weighted by molar-refractivity contribution is 6.32. The zero-order valence-electron chi connectivity index (χ0n) is 12.1. The molecule has 0 amide bonds. The van der Waals surface area contributed by atoms with Crippen LogP contribution in [0.15, 0.2) is 18.2 Å². The first-order valence-electron chi connectivity index (χ1n) is 6.38. The minimum absolute atomic E-state index is 0.370. The predicted molar refractivity (Wildman–Crippen MR) is 75.8 cm³/mol. The summed E-state index contributed by atoms with van der Waals surface area (Å²) in [5.41, 5.74) is -1.33. The van der Waals surface area contributed by atoms with Crippen molar-refractivity contribution < 1.29 is 14.6 Å². The van der Waals surface area contributed by atoms with Crippen molar-refractivity contribution in [2.45, 2.75) is 50.9 Å². The average molecular weight is 285 g/mol. The molecule has 0 spiro atoms. The molecule has 1 heterocycles. The third kappa shape index (κ3) is 2.35. The van der Waals surface area contributed by atoms with Gasteiger partial charge in [-0.1, -0.05) is 17.7 Å². The van der Waals surface area contributed by atoms with Crippen molar-refractivity contribution in [3.63, 3.8) is 0 Å². The number of halogens is 1. The van der Waals surface area contributed by atoms with Crippen molar-refractivity contribution in [2.24, 2.45) is 0 Å². The Hall–Kier alpha value is -0.770. The molecule has 1 aliphatic heterocycles. The van der Waals surface area contributed by atoms with Gasteiger partial charge in [-0.05, 0) is 45.4 Å². The fourth-order valence-corrected chi connectivity index (χ4v) is 3.20. The largest absolute Gasteiger partial charge is 0.495 e. The van der Waals surface area contributed by atoms with Crippen LogP contribution in [0.1, 0.15) is 39.7 Å². The van der Waals surface area contributed by atoms with Crippen LogP contribution in [0.5, 0.6) is 5.75 Å².